The Labute approximate surface area is 107 Å². The molecule has 5 heteroatoms. The molecule has 2 rings (SSSR count). The van der Waals surface area contributed by atoms with Gasteiger partial charge in [-0.15, -0.1) is 0 Å². The number of benzene rings is 1. The molecule has 0 aliphatic rings. The molecule has 0 fully saturated rings. The van der Waals surface area contributed by atoms with Crippen LogP contribution in [0.1, 0.15) is 0 Å². The van der Waals surface area contributed by atoms with Crippen LogP contribution in [0.15, 0.2) is 34.9 Å². The molecule has 0 atom stereocenters. The molecule has 0 aliphatic heterocycles. The Bertz CT molecular complexity index is 556. The van der Waals surface area contributed by atoms with E-state index in [9.17, 15) is 4.79 Å². The zero-order valence-corrected chi connectivity index (χ0v) is 10.7. The van der Waals surface area contributed by atoms with Crippen molar-refractivity contribution in [1.29, 1.82) is 0 Å². The predicted molar refractivity (Wildman–Crippen MR) is 67.0 cm³/mol. The van der Waals surface area contributed by atoms with Crippen LogP contribution in [0.4, 0.5) is 0 Å². The molecule has 2 aromatic rings. The van der Waals surface area contributed by atoms with Gasteiger partial charge in [0.25, 0.3) is 0 Å². The molecule has 1 aromatic heterocycles. The van der Waals surface area contributed by atoms with Gasteiger partial charge in [0.15, 0.2) is 6.61 Å². The fraction of sp³-hybridized carbons (Fsp3) is 0.167. The molecule has 0 aliphatic carbocycles. The minimum absolute atomic E-state index is 0.0973. The van der Waals surface area contributed by atoms with E-state index in [0.29, 0.717) is 5.75 Å². The van der Waals surface area contributed by atoms with Gasteiger partial charge in [0.1, 0.15) is 5.75 Å². The number of hydrogen-bond donors (Lipinski definition) is 0. The van der Waals surface area contributed by atoms with Crippen LogP contribution < -0.4 is 4.74 Å². The molecule has 0 unspecified atom stereocenters. The maximum atomic E-state index is 10.9. The van der Waals surface area contributed by atoms with Crippen molar-refractivity contribution in [2.75, 3.05) is 13.7 Å². The molecule has 17 heavy (non-hydrogen) atoms. The summed E-state index contributed by atoms with van der Waals surface area (Å²) in [6, 6.07) is 7.29. The van der Waals surface area contributed by atoms with Gasteiger partial charge in [-0.05, 0) is 24.3 Å². The lowest BCUT2D eigenvalue weighted by Crippen LogP contribution is -2.12. The van der Waals surface area contributed by atoms with Crippen LogP contribution in [0.3, 0.4) is 0 Å². The van der Waals surface area contributed by atoms with Gasteiger partial charge in [-0.3, -0.25) is 4.98 Å². The van der Waals surface area contributed by atoms with E-state index in [1.165, 1.54) is 7.11 Å². The number of fused-ring (bicyclic) bond motifs is 1. The Hall–Kier alpha value is -1.62. The van der Waals surface area contributed by atoms with Crippen LogP contribution in [-0.2, 0) is 9.53 Å². The lowest BCUT2D eigenvalue weighted by molar-refractivity contribution is -0.142. The summed E-state index contributed by atoms with van der Waals surface area (Å²) < 4.78 is 10.7. The third-order valence-electron chi connectivity index (χ3n) is 2.24. The van der Waals surface area contributed by atoms with Crippen molar-refractivity contribution >= 4 is 32.8 Å². The standard InChI is InChI=1S/C12H10BrNO3/c1-16-12(15)7-17-8-2-3-11-9(6-8)10(13)4-5-14-11/h2-6H,7H2,1H3. The van der Waals surface area contributed by atoms with Gasteiger partial charge in [0, 0.05) is 16.1 Å². The summed E-state index contributed by atoms with van der Waals surface area (Å²) in [5, 5.41) is 0.940. The zero-order chi connectivity index (χ0) is 12.3. The van der Waals surface area contributed by atoms with Crippen LogP contribution in [0.5, 0.6) is 5.75 Å². The second-order valence-electron chi connectivity index (χ2n) is 3.34. The fourth-order valence-electron chi connectivity index (χ4n) is 1.38. The van der Waals surface area contributed by atoms with Crippen LogP contribution in [0.25, 0.3) is 10.9 Å². The van der Waals surface area contributed by atoms with Crippen LogP contribution in [0.2, 0.25) is 0 Å². The minimum atomic E-state index is -0.407. The average molecular weight is 296 g/mol. The van der Waals surface area contributed by atoms with Crippen LogP contribution in [0, 0.1) is 0 Å². The van der Waals surface area contributed by atoms with Gasteiger partial charge in [-0.1, -0.05) is 15.9 Å². The minimum Gasteiger partial charge on any atom is -0.482 e. The number of esters is 1. The Balaban J connectivity index is 2.25. The van der Waals surface area contributed by atoms with Crippen molar-refractivity contribution in [3.05, 3.63) is 34.9 Å². The summed E-state index contributed by atoms with van der Waals surface area (Å²) in [5.74, 6) is 0.201. The number of rotatable bonds is 3. The highest BCUT2D eigenvalue weighted by atomic mass is 79.9. The second kappa shape index (κ2) is 5.14. The predicted octanol–water partition coefficient (Wildman–Crippen LogP) is 2.55. The van der Waals surface area contributed by atoms with E-state index in [0.717, 1.165) is 15.4 Å². The van der Waals surface area contributed by atoms with Crippen molar-refractivity contribution in [3.8, 4) is 5.75 Å². The Morgan fingerprint density at radius 3 is 3.00 bits per heavy atom. The van der Waals surface area contributed by atoms with Gasteiger partial charge in [-0.2, -0.15) is 0 Å². The van der Waals surface area contributed by atoms with Crippen LogP contribution >= 0.6 is 15.9 Å². The highest BCUT2D eigenvalue weighted by molar-refractivity contribution is 9.10. The van der Waals surface area contributed by atoms with Gasteiger partial charge in [-0.25, -0.2) is 4.79 Å². The van der Waals surface area contributed by atoms with Crippen molar-refractivity contribution in [1.82, 2.24) is 4.98 Å². The third-order valence-corrected chi connectivity index (χ3v) is 2.94. The molecule has 1 aromatic carbocycles. The smallest absolute Gasteiger partial charge is 0.343 e. The molecule has 4 nitrogen and oxygen atoms in total. The van der Waals surface area contributed by atoms with Gasteiger partial charge in [0.2, 0.25) is 0 Å². The van der Waals surface area contributed by atoms with Gasteiger partial charge in [0.05, 0.1) is 12.6 Å². The maximum Gasteiger partial charge on any atom is 0.343 e. The number of halogens is 1. The quantitative estimate of drug-likeness (QED) is 0.817. The van der Waals surface area contributed by atoms with Crippen LogP contribution in [-0.4, -0.2) is 24.7 Å². The summed E-state index contributed by atoms with van der Waals surface area (Å²) >= 11 is 3.44. The average Bonchev–Trinajstić information content (AvgIpc) is 2.36. The SMILES string of the molecule is COC(=O)COc1ccc2nccc(Br)c2c1. The van der Waals surface area contributed by atoms with Crippen molar-refractivity contribution in [2.24, 2.45) is 0 Å². The number of carbonyl (C=O) groups excluding carboxylic acids is 1. The van der Waals surface area contributed by atoms with E-state index < -0.39 is 5.97 Å². The molecule has 0 saturated carbocycles. The molecular formula is C12H10BrNO3. The van der Waals surface area contributed by atoms with E-state index in [1.807, 2.05) is 18.2 Å². The molecular weight excluding hydrogens is 286 g/mol. The van der Waals surface area contributed by atoms with E-state index >= 15 is 0 Å². The highest BCUT2D eigenvalue weighted by Crippen LogP contribution is 2.25. The summed E-state index contributed by atoms with van der Waals surface area (Å²) in [6.07, 6.45) is 1.72. The zero-order valence-electron chi connectivity index (χ0n) is 9.14. The molecule has 0 spiro atoms. The number of methoxy groups -OCH3 is 1. The first-order valence-corrected chi connectivity index (χ1v) is 5.74. The molecule has 0 saturated heterocycles. The highest BCUT2D eigenvalue weighted by Gasteiger charge is 2.04. The summed E-state index contributed by atoms with van der Waals surface area (Å²) in [7, 11) is 1.33. The first-order chi connectivity index (χ1) is 8.20. The number of ether oxygens (including phenoxy) is 2. The number of aromatic nitrogens is 1. The van der Waals surface area contributed by atoms with Crippen molar-refractivity contribution in [2.45, 2.75) is 0 Å². The topological polar surface area (TPSA) is 48.4 Å². The van der Waals surface area contributed by atoms with Crippen molar-refractivity contribution in [3.63, 3.8) is 0 Å². The second-order valence-corrected chi connectivity index (χ2v) is 4.19. The van der Waals surface area contributed by atoms with Crippen molar-refractivity contribution < 1.29 is 14.3 Å². The lowest BCUT2D eigenvalue weighted by atomic mass is 10.2. The van der Waals surface area contributed by atoms with E-state index in [2.05, 4.69) is 25.7 Å². The molecule has 0 bridgehead atoms. The number of carbonyl (C=O) groups is 1. The number of hydrogen-bond acceptors (Lipinski definition) is 4. The van der Waals surface area contributed by atoms with E-state index in [4.69, 9.17) is 4.74 Å². The first-order valence-electron chi connectivity index (χ1n) is 4.94. The monoisotopic (exact) mass is 295 g/mol. The molecule has 1 heterocycles. The number of pyridine rings is 1. The van der Waals surface area contributed by atoms with E-state index in [-0.39, 0.29) is 6.61 Å². The van der Waals surface area contributed by atoms with Gasteiger partial charge >= 0.3 is 5.97 Å². The molecule has 0 amide bonds. The Morgan fingerprint density at radius 2 is 2.24 bits per heavy atom. The largest absolute Gasteiger partial charge is 0.482 e. The summed E-state index contributed by atoms with van der Waals surface area (Å²) in [6.45, 7) is -0.0973. The van der Waals surface area contributed by atoms with Gasteiger partial charge < -0.3 is 9.47 Å². The molecule has 0 N–H and O–H groups in total. The normalized spacial score (nSPS) is 10.2. The molecule has 0 radical (unpaired) electrons. The maximum absolute atomic E-state index is 10.9. The van der Waals surface area contributed by atoms with E-state index in [1.54, 1.807) is 12.3 Å². The molecule has 88 valence electrons. The Kier molecular flexibility index (Phi) is 3.58. The third kappa shape index (κ3) is 2.74. The fourth-order valence-corrected chi connectivity index (χ4v) is 1.82. The summed E-state index contributed by atoms with van der Waals surface area (Å²) in [5.41, 5.74) is 0.866. The lowest BCUT2D eigenvalue weighted by Gasteiger charge is -2.06. The first kappa shape index (κ1) is 11.9. The summed E-state index contributed by atoms with van der Waals surface area (Å²) in [4.78, 5) is 15.2. The Morgan fingerprint density at radius 1 is 1.41 bits per heavy atom. The number of nitrogens with zero attached hydrogens (tertiary/aromatic N) is 1.